The lowest BCUT2D eigenvalue weighted by Gasteiger charge is -2.15. The predicted molar refractivity (Wildman–Crippen MR) is 117 cm³/mol. The van der Waals surface area contributed by atoms with Crippen LogP contribution >= 0.6 is 0 Å². The van der Waals surface area contributed by atoms with E-state index in [-0.39, 0.29) is 35.9 Å². The number of carbonyl (C=O) groups excluding carboxylic acids is 1. The molecule has 7 heteroatoms. The van der Waals surface area contributed by atoms with Crippen LogP contribution in [0.4, 0.5) is 5.95 Å². The smallest absolute Gasteiger partial charge is 0.336 e. The van der Waals surface area contributed by atoms with E-state index in [1.54, 1.807) is 16.7 Å². The molecule has 7 nitrogen and oxygen atoms in total. The van der Waals surface area contributed by atoms with Gasteiger partial charge in [0.25, 0.3) is 5.56 Å². The molecule has 0 atom stereocenters. The van der Waals surface area contributed by atoms with Gasteiger partial charge < -0.3 is 9.67 Å². The van der Waals surface area contributed by atoms with Crippen LogP contribution in [0.2, 0.25) is 0 Å². The van der Waals surface area contributed by atoms with Gasteiger partial charge in [-0.2, -0.15) is 4.98 Å². The third-order valence-electron chi connectivity index (χ3n) is 5.50. The highest BCUT2D eigenvalue weighted by atomic mass is 16.4. The van der Waals surface area contributed by atoms with Gasteiger partial charge in [0.05, 0.1) is 5.56 Å². The van der Waals surface area contributed by atoms with Crippen molar-refractivity contribution < 1.29 is 14.7 Å². The zero-order valence-corrected chi connectivity index (χ0v) is 17.2. The van der Waals surface area contributed by atoms with Crippen LogP contribution in [0.3, 0.4) is 0 Å². The van der Waals surface area contributed by atoms with Crippen LogP contribution in [0.15, 0.2) is 53.3 Å². The molecule has 158 valence electrons. The van der Waals surface area contributed by atoms with Crippen LogP contribution in [0.25, 0.3) is 11.1 Å². The van der Waals surface area contributed by atoms with E-state index in [1.807, 2.05) is 36.4 Å². The number of unbranched alkanes of at least 4 members (excludes halogenated alkanes) is 1. The molecular weight excluding hydrogens is 394 g/mol. The second kappa shape index (κ2) is 8.55. The van der Waals surface area contributed by atoms with Gasteiger partial charge in [0, 0.05) is 17.7 Å². The number of amides is 1. The van der Waals surface area contributed by atoms with E-state index in [0.29, 0.717) is 23.1 Å². The number of hydrogen-bond acceptors (Lipinski definition) is 4. The molecular formula is C24H23N3O4. The Morgan fingerprint density at radius 3 is 2.65 bits per heavy atom. The normalized spacial score (nSPS) is 12.5. The molecule has 1 aromatic heterocycles. The molecule has 2 aromatic carbocycles. The zero-order chi connectivity index (χ0) is 22.0. The van der Waals surface area contributed by atoms with Crippen molar-refractivity contribution in [3.8, 4) is 11.1 Å². The number of aromatic carboxylic acids is 1. The van der Waals surface area contributed by atoms with Gasteiger partial charge in [0.2, 0.25) is 11.9 Å². The minimum atomic E-state index is -1.02. The minimum absolute atomic E-state index is 0.141. The first-order chi connectivity index (χ1) is 15.0. The molecule has 1 aliphatic heterocycles. The molecule has 0 spiro atoms. The molecule has 3 aromatic rings. The summed E-state index contributed by atoms with van der Waals surface area (Å²) in [6, 6.07) is 14.6. The minimum Gasteiger partial charge on any atom is -0.478 e. The fourth-order valence-corrected chi connectivity index (χ4v) is 3.97. The summed E-state index contributed by atoms with van der Waals surface area (Å²) in [5.74, 6) is -0.928. The van der Waals surface area contributed by atoms with Gasteiger partial charge in [0.1, 0.15) is 6.54 Å². The summed E-state index contributed by atoms with van der Waals surface area (Å²) in [4.78, 5) is 40.6. The summed E-state index contributed by atoms with van der Waals surface area (Å²) < 4.78 is 1.77. The van der Waals surface area contributed by atoms with Crippen LogP contribution in [-0.4, -0.2) is 26.5 Å². The zero-order valence-electron chi connectivity index (χ0n) is 17.2. The highest BCUT2D eigenvalue weighted by Gasteiger charge is 2.25. The Kier molecular flexibility index (Phi) is 5.66. The van der Waals surface area contributed by atoms with Gasteiger partial charge in [-0.15, -0.1) is 0 Å². The molecule has 1 aliphatic rings. The average molecular weight is 417 g/mol. The summed E-state index contributed by atoms with van der Waals surface area (Å²) in [5, 5.41) is 12.4. The average Bonchev–Trinajstić information content (AvgIpc) is 3.13. The summed E-state index contributed by atoms with van der Waals surface area (Å²) >= 11 is 0. The Morgan fingerprint density at radius 1 is 1.16 bits per heavy atom. The van der Waals surface area contributed by atoms with Gasteiger partial charge in [0.15, 0.2) is 0 Å². The first kappa shape index (κ1) is 20.5. The third-order valence-corrected chi connectivity index (χ3v) is 5.50. The maximum Gasteiger partial charge on any atom is 0.336 e. The van der Waals surface area contributed by atoms with Gasteiger partial charge in [-0.05, 0) is 35.6 Å². The van der Waals surface area contributed by atoms with E-state index < -0.39 is 5.97 Å². The van der Waals surface area contributed by atoms with E-state index in [2.05, 4.69) is 17.2 Å². The van der Waals surface area contributed by atoms with Gasteiger partial charge in [-0.1, -0.05) is 55.8 Å². The summed E-state index contributed by atoms with van der Waals surface area (Å²) in [7, 11) is 0. The van der Waals surface area contributed by atoms with Crippen molar-refractivity contribution in [3.63, 3.8) is 0 Å². The van der Waals surface area contributed by atoms with Crippen molar-refractivity contribution >= 4 is 17.8 Å². The standard InChI is InChI=1S/C24H23N3O4/c1-2-3-9-20-19(22(29)26-24-25-21(28)14-27(20)24)13-15-10-11-17(18(12-15)23(30)31)16-7-5-4-6-8-16/h4-8,10-12H,2-3,9,13-14H2,1H3,(H,30,31)(H,25,26,28,29). The topological polar surface area (TPSA) is 101 Å². The second-order valence-corrected chi connectivity index (χ2v) is 7.63. The fraction of sp³-hybridized carbons (Fsp3) is 0.250. The lowest BCUT2D eigenvalue weighted by Crippen LogP contribution is -2.22. The van der Waals surface area contributed by atoms with Crippen molar-refractivity contribution in [2.45, 2.75) is 39.2 Å². The Labute approximate surface area is 179 Å². The molecule has 0 saturated heterocycles. The van der Waals surface area contributed by atoms with Crippen molar-refractivity contribution in [1.29, 1.82) is 0 Å². The van der Waals surface area contributed by atoms with Crippen molar-refractivity contribution in [3.05, 3.63) is 81.3 Å². The van der Waals surface area contributed by atoms with Gasteiger partial charge in [-0.25, -0.2) is 4.79 Å². The number of nitrogens with one attached hydrogen (secondary N) is 1. The van der Waals surface area contributed by atoms with Crippen LogP contribution in [0.5, 0.6) is 0 Å². The Bertz CT molecular complexity index is 1220. The van der Waals surface area contributed by atoms with Crippen molar-refractivity contribution in [1.82, 2.24) is 9.55 Å². The van der Waals surface area contributed by atoms with Crippen LogP contribution in [0, 0.1) is 0 Å². The second-order valence-electron chi connectivity index (χ2n) is 7.63. The molecule has 0 fully saturated rings. The number of anilines is 1. The van der Waals surface area contributed by atoms with Gasteiger partial charge in [-0.3, -0.25) is 14.9 Å². The van der Waals surface area contributed by atoms with Crippen LogP contribution in [0.1, 0.15) is 46.9 Å². The molecule has 2 heterocycles. The molecule has 0 unspecified atom stereocenters. The molecule has 31 heavy (non-hydrogen) atoms. The predicted octanol–water partition coefficient (Wildman–Crippen LogP) is 3.49. The first-order valence-electron chi connectivity index (χ1n) is 10.3. The third kappa shape index (κ3) is 4.12. The Hall–Kier alpha value is -3.74. The van der Waals surface area contributed by atoms with E-state index in [4.69, 9.17) is 0 Å². The largest absolute Gasteiger partial charge is 0.478 e. The number of carboxylic acid groups (broad SMARTS) is 1. The molecule has 0 saturated carbocycles. The number of rotatable bonds is 7. The Balaban J connectivity index is 1.77. The summed E-state index contributed by atoms with van der Waals surface area (Å²) in [6.07, 6.45) is 2.73. The van der Waals surface area contributed by atoms with Crippen molar-refractivity contribution in [2.75, 3.05) is 5.32 Å². The number of carboxylic acids is 1. The fourth-order valence-electron chi connectivity index (χ4n) is 3.97. The summed E-state index contributed by atoms with van der Waals surface area (Å²) in [5.41, 5.74) is 3.26. The maximum atomic E-state index is 12.8. The lowest BCUT2D eigenvalue weighted by atomic mass is 9.94. The molecule has 0 bridgehead atoms. The Morgan fingerprint density at radius 2 is 1.94 bits per heavy atom. The molecule has 4 rings (SSSR count). The molecule has 1 amide bonds. The van der Waals surface area contributed by atoms with Crippen LogP contribution < -0.4 is 10.9 Å². The molecule has 0 radical (unpaired) electrons. The monoisotopic (exact) mass is 417 g/mol. The number of aromatic nitrogens is 2. The highest BCUT2D eigenvalue weighted by molar-refractivity contribution is 5.96. The van der Waals surface area contributed by atoms with Crippen molar-refractivity contribution in [2.24, 2.45) is 0 Å². The first-order valence-corrected chi connectivity index (χ1v) is 10.3. The van der Waals surface area contributed by atoms with Gasteiger partial charge >= 0.3 is 5.97 Å². The van der Waals surface area contributed by atoms with E-state index >= 15 is 0 Å². The SMILES string of the molecule is CCCCc1c(Cc2ccc(-c3ccccc3)c(C(=O)O)c2)c(=O)nc2n1CC(=O)N2. The molecule has 0 aliphatic carbocycles. The van der Waals surface area contributed by atoms with Crippen LogP contribution in [-0.2, 0) is 24.2 Å². The number of fused-ring (bicyclic) bond motifs is 1. The quantitative estimate of drug-likeness (QED) is 0.613. The number of nitrogens with zero attached hydrogens (tertiary/aromatic N) is 2. The molecule has 2 N–H and O–H groups in total. The lowest BCUT2D eigenvalue weighted by molar-refractivity contribution is -0.115. The maximum absolute atomic E-state index is 12.8. The van der Waals surface area contributed by atoms with E-state index in [1.165, 1.54) is 0 Å². The highest BCUT2D eigenvalue weighted by Crippen LogP contribution is 2.27. The number of carbonyl (C=O) groups is 2. The number of benzene rings is 2. The van der Waals surface area contributed by atoms with E-state index in [0.717, 1.165) is 24.1 Å². The van der Waals surface area contributed by atoms with E-state index in [9.17, 15) is 19.5 Å². The summed E-state index contributed by atoms with van der Waals surface area (Å²) in [6.45, 7) is 2.21. The number of hydrogen-bond donors (Lipinski definition) is 2.